The first-order valence-corrected chi connectivity index (χ1v) is 19.9. The van der Waals surface area contributed by atoms with Crippen LogP contribution < -0.4 is 0 Å². The maximum Gasteiger partial charge on any atom is 0.228 e. The summed E-state index contributed by atoms with van der Waals surface area (Å²) in [7, 11) is -3.23. The average Bonchev–Trinajstić information content (AvgIpc) is 3.57. The highest BCUT2D eigenvalue weighted by Gasteiger charge is 2.22. The number of aromatic nitrogens is 5. The molecule has 15 heteroatoms. The summed E-state index contributed by atoms with van der Waals surface area (Å²) in [6, 6.07) is 22.7. The van der Waals surface area contributed by atoms with Crippen molar-refractivity contribution in [2.24, 2.45) is 0 Å². The molecular formula is C40H31Cl2F2N5O4S2. The number of aliphatic hydroxyl groups is 1. The van der Waals surface area contributed by atoms with E-state index in [0.717, 1.165) is 40.2 Å². The van der Waals surface area contributed by atoms with Gasteiger partial charge in [0.05, 0.1) is 26.3 Å². The number of rotatable bonds is 8. The highest BCUT2D eigenvalue weighted by molar-refractivity contribution is 7.99. The van der Waals surface area contributed by atoms with Gasteiger partial charge < -0.3 is 9.52 Å². The first-order valence-electron chi connectivity index (χ1n) is 16.4. The summed E-state index contributed by atoms with van der Waals surface area (Å²) in [5.41, 5.74) is 4.99. The molecule has 55 heavy (non-hydrogen) atoms. The molecule has 0 saturated carbocycles. The summed E-state index contributed by atoms with van der Waals surface area (Å²) < 4.78 is 56.2. The van der Waals surface area contributed by atoms with Gasteiger partial charge in [0.2, 0.25) is 5.89 Å². The SMILES string of the molecule is CC(C)(O)c1ccc(-c2nc(-c3ccc(F)c(F)c3)oc2Sc2ccc(Cl)cn2)cn1.Cc1ccc(-c2ncc(Cl)cc2-c2ccc(S(C)(=O)=O)cc2)cn1. The fourth-order valence-corrected chi connectivity index (χ4v) is 6.82. The molecule has 7 aromatic rings. The maximum absolute atomic E-state index is 13.7. The van der Waals surface area contributed by atoms with Crippen molar-refractivity contribution >= 4 is 44.8 Å². The fraction of sp³-hybridized carbons (Fsp3) is 0.125. The number of pyridine rings is 4. The lowest BCUT2D eigenvalue weighted by molar-refractivity contribution is 0.0739. The lowest BCUT2D eigenvalue weighted by atomic mass is 10.0. The Morgan fingerprint density at radius 3 is 1.96 bits per heavy atom. The monoisotopic (exact) mass is 817 g/mol. The Balaban J connectivity index is 0.000000193. The van der Waals surface area contributed by atoms with Crippen LogP contribution in [0.3, 0.4) is 0 Å². The molecule has 0 amide bonds. The van der Waals surface area contributed by atoms with Crippen LogP contribution in [-0.4, -0.2) is 44.7 Å². The van der Waals surface area contributed by atoms with Crippen LogP contribution in [0.1, 0.15) is 25.2 Å². The maximum atomic E-state index is 13.7. The summed E-state index contributed by atoms with van der Waals surface area (Å²) in [5, 5.41) is 12.2. The molecule has 7 rings (SSSR count). The summed E-state index contributed by atoms with van der Waals surface area (Å²) >= 11 is 13.2. The van der Waals surface area contributed by atoms with E-state index < -0.39 is 27.1 Å². The van der Waals surface area contributed by atoms with E-state index in [1.54, 1.807) is 81.0 Å². The molecule has 0 fully saturated rings. The molecule has 0 unspecified atom stereocenters. The Kier molecular flexibility index (Phi) is 11.8. The van der Waals surface area contributed by atoms with Gasteiger partial charge in [0.15, 0.2) is 26.6 Å². The van der Waals surface area contributed by atoms with Crippen molar-refractivity contribution in [3.05, 3.63) is 143 Å². The van der Waals surface area contributed by atoms with Crippen molar-refractivity contribution < 1.29 is 26.7 Å². The Hall–Kier alpha value is -5.05. The second-order valence-corrected chi connectivity index (χ2v) is 16.6. The number of hydrogen-bond donors (Lipinski definition) is 1. The Labute approximate surface area is 330 Å². The fourth-order valence-electron chi connectivity index (χ4n) is 5.10. The lowest BCUT2D eigenvalue weighted by Gasteiger charge is -2.16. The molecule has 1 N–H and O–H groups in total. The van der Waals surface area contributed by atoms with Gasteiger partial charge >= 0.3 is 0 Å². The third-order valence-corrected chi connectivity index (χ3v) is 10.4. The Bertz CT molecular complexity index is 2570. The molecule has 5 heterocycles. The van der Waals surface area contributed by atoms with Crippen LogP contribution in [0.25, 0.3) is 45.1 Å². The van der Waals surface area contributed by atoms with Crippen LogP contribution in [0.4, 0.5) is 8.78 Å². The molecular weight excluding hydrogens is 788 g/mol. The van der Waals surface area contributed by atoms with E-state index in [1.807, 2.05) is 25.1 Å². The third kappa shape index (κ3) is 9.80. The summed E-state index contributed by atoms with van der Waals surface area (Å²) in [6.07, 6.45) is 7.62. The Morgan fingerprint density at radius 2 is 1.36 bits per heavy atom. The molecule has 0 aliphatic carbocycles. The van der Waals surface area contributed by atoms with Crippen LogP contribution in [0, 0.1) is 18.6 Å². The first kappa shape index (κ1) is 39.6. The van der Waals surface area contributed by atoms with Crippen LogP contribution in [0.5, 0.6) is 0 Å². The topological polar surface area (TPSA) is 132 Å². The second kappa shape index (κ2) is 16.4. The summed E-state index contributed by atoms with van der Waals surface area (Å²) in [4.78, 5) is 22.1. The largest absolute Gasteiger partial charge is 0.429 e. The highest BCUT2D eigenvalue weighted by Crippen LogP contribution is 2.39. The van der Waals surface area contributed by atoms with Crippen molar-refractivity contribution in [1.82, 2.24) is 24.9 Å². The summed E-state index contributed by atoms with van der Waals surface area (Å²) in [5.74, 6) is -1.83. The standard InChI is InChI=1S/C22H16ClF2N3O2S.C18H15ClN2O2S/c1-22(2,29)17-7-4-13(10-26-17)19-21(31-18-8-5-14(23)11-27-18)30-20(28-19)12-3-6-15(24)16(25)9-12;1-12-3-4-14(10-20-12)18-17(9-15(19)11-21-18)13-5-7-16(8-6-13)24(2,22)23/h3-11,29H,1-2H3;3-11H,1-2H3. The number of oxazole rings is 1. The van der Waals surface area contributed by atoms with Gasteiger partial charge in [0.1, 0.15) is 16.3 Å². The number of aryl methyl sites for hydroxylation is 1. The van der Waals surface area contributed by atoms with Crippen molar-refractivity contribution in [2.75, 3.05) is 6.26 Å². The predicted octanol–water partition coefficient (Wildman–Crippen LogP) is 10.3. The van der Waals surface area contributed by atoms with Crippen molar-refractivity contribution in [3.8, 4) is 45.1 Å². The van der Waals surface area contributed by atoms with E-state index in [4.69, 9.17) is 27.6 Å². The van der Waals surface area contributed by atoms with E-state index in [2.05, 4.69) is 24.9 Å². The highest BCUT2D eigenvalue weighted by atomic mass is 35.5. The molecule has 0 atom stereocenters. The van der Waals surface area contributed by atoms with Crippen molar-refractivity contribution in [1.29, 1.82) is 0 Å². The van der Waals surface area contributed by atoms with Crippen LogP contribution in [0.2, 0.25) is 10.0 Å². The predicted molar refractivity (Wildman–Crippen MR) is 209 cm³/mol. The number of benzene rings is 2. The number of nitrogens with zero attached hydrogens (tertiary/aromatic N) is 5. The lowest BCUT2D eigenvalue weighted by Crippen LogP contribution is -2.17. The number of sulfone groups is 1. The average molecular weight is 819 g/mol. The van der Waals surface area contributed by atoms with Crippen LogP contribution in [0.15, 0.2) is 129 Å². The van der Waals surface area contributed by atoms with Crippen LogP contribution >= 0.6 is 35.0 Å². The van der Waals surface area contributed by atoms with Gasteiger partial charge in [-0.15, -0.1) is 0 Å². The first-order chi connectivity index (χ1) is 26.0. The van der Waals surface area contributed by atoms with Gasteiger partial charge in [-0.1, -0.05) is 35.3 Å². The zero-order valence-electron chi connectivity index (χ0n) is 29.6. The minimum absolute atomic E-state index is 0.122. The van der Waals surface area contributed by atoms with Gasteiger partial charge in [-0.3, -0.25) is 15.0 Å². The minimum atomic E-state index is -3.23. The van der Waals surface area contributed by atoms with Crippen LogP contribution in [-0.2, 0) is 15.4 Å². The van der Waals surface area contributed by atoms with E-state index in [-0.39, 0.29) is 16.3 Å². The number of hydrogen-bond acceptors (Lipinski definition) is 10. The van der Waals surface area contributed by atoms with Gasteiger partial charge in [0, 0.05) is 59.0 Å². The van der Waals surface area contributed by atoms with E-state index in [0.29, 0.717) is 37.1 Å². The molecule has 0 aliphatic rings. The van der Waals surface area contributed by atoms with E-state index in [9.17, 15) is 22.3 Å². The zero-order chi connectivity index (χ0) is 39.5. The molecule has 280 valence electrons. The molecule has 0 aliphatic heterocycles. The van der Waals surface area contributed by atoms with E-state index in [1.165, 1.54) is 30.3 Å². The van der Waals surface area contributed by atoms with Crippen molar-refractivity contribution in [2.45, 2.75) is 41.4 Å². The summed E-state index contributed by atoms with van der Waals surface area (Å²) in [6.45, 7) is 5.20. The van der Waals surface area contributed by atoms with Gasteiger partial charge in [-0.25, -0.2) is 27.2 Å². The van der Waals surface area contributed by atoms with E-state index >= 15 is 0 Å². The molecule has 2 aromatic carbocycles. The molecule has 0 radical (unpaired) electrons. The molecule has 0 saturated heterocycles. The quantitative estimate of drug-likeness (QED) is 0.158. The van der Waals surface area contributed by atoms with Crippen molar-refractivity contribution in [3.63, 3.8) is 0 Å². The second-order valence-electron chi connectivity index (χ2n) is 12.7. The molecule has 0 bridgehead atoms. The minimum Gasteiger partial charge on any atom is -0.429 e. The molecule has 5 aromatic heterocycles. The van der Waals surface area contributed by atoms with Gasteiger partial charge in [0.25, 0.3) is 0 Å². The Morgan fingerprint density at radius 1 is 0.709 bits per heavy atom. The third-order valence-electron chi connectivity index (χ3n) is 7.96. The molecule has 0 spiro atoms. The number of halogens is 4. The smallest absolute Gasteiger partial charge is 0.228 e. The normalized spacial score (nSPS) is 11.6. The van der Waals surface area contributed by atoms with Gasteiger partial charge in [-0.05, 0) is 111 Å². The van der Waals surface area contributed by atoms with Gasteiger partial charge in [-0.2, -0.15) is 0 Å². The zero-order valence-corrected chi connectivity index (χ0v) is 32.8. The molecule has 9 nitrogen and oxygen atoms in total.